The van der Waals surface area contributed by atoms with Crippen LogP contribution >= 0.6 is 11.8 Å². The van der Waals surface area contributed by atoms with Crippen LogP contribution in [-0.4, -0.2) is 27.9 Å². The summed E-state index contributed by atoms with van der Waals surface area (Å²) < 4.78 is 0. The van der Waals surface area contributed by atoms with Gasteiger partial charge in [0.1, 0.15) is 0 Å². The fraction of sp³-hybridized carbons (Fsp3) is 0.889. The Hall–Kier alpha value is -0.180. The molecule has 2 rings (SSSR count). The minimum absolute atomic E-state index is 0.712. The largest absolute Gasteiger partial charge is 0.349 e. The maximum Gasteiger partial charge on any atom is 0.156 e. The fourth-order valence-electron chi connectivity index (χ4n) is 2.18. The van der Waals surface area contributed by atoms with Crippen LogP contribution in [0.4, 0.5) is 0 Å². The van der Waals surface area contributed by atoms with E-state index in [0.717, 1.165) is 17.0 Å². The molecule has 0 aliphatic carbocycles. The number of nitrogens with one attached hydrogen (secondary N) is 1. The van der Waals surface area contributed by atoms with E-state index < -0.39 is 0 Å². The van der Waals surface area contributed by atoms with Crippen LogP contribution in [0.25, 0.3) is 0 Å². The van der Waals surface area contributed by atoms with Crippen LogP contribution < -0.4 is 0 Å². The van der Waals surface area contributed by atoms with E-state index in [4.69, 9.17) is 5.41 Å². The van der Waals surface area contributed by atoms with Gasteiger partial charge in [-0.05, 0) is 25.7 Å². The number of nitrogens with zero attached hydrogens (tertiary/aromatic N) is 1. The highest BCUT2D eigenvalue weighted by molar-refractivity contribution is 8.14. The van der Waals surface area contributed by atoms with Crippen molar-refractivity contribution in [1.29, 1.82) is 5.41 Å². The SMILES string of the molecule is CCC1CC2CCCN2C(=N)S1. The molecule has 0 bridgehead atoms. The molecule has 0 aromatic rings. The Labute approximate surface area is 78.2 Å². The number of fused-ring (bicyclic) bond motifs is 1. The molecule has 2 fully saturated rings. The molecule has 1 N–H and O–H groups in total. The highest BCUT2D eigenvalue weighted by Crippen LogP contribution is 2.35. The molecule has 2 aliphatic heterocycles. The van der Waals surface area contributed by atoms with Crippen molar-refractivity contribution in [3.63, 3.8) is 0 Å². The third-order valence-electron chi connectivity index (χ3n) is 2.91. The quantitative estimate of drug-likeness (QED) is 0.677. The minimum atomic E-state index is 0.712. The van der Waals surface area contributed by atoms with Crippen molar-refractivity contribution in [3.8, 4) is 0 Å². The Bertz CT molecular complexity index is 193. The standard InChI is InChI=1S/C9H16N2S/c1-2-8-6-7-4-3-5-11(7)9(10)12-8/h7-8,10H,2-6H2,1H3. The van der Waals surface area contributed by atoms with Crippen LogP contribution in [0.5, 0.6) is 0 Å². The normalized spacial score (nSPS) is 35.4. The van der Waals surface area contributed by atoms with E-state index in [-0.39, 0.29) is 0 Å². The van der Waals surface area contributed by atoms with Crippen molar-refractivity contribution in [2.75, 3.05) is 6.54 Å². The van der Waals surface area contributed by atoms with Gasteiger partial charge in [0.25, 0.3) is 0 Å². The van der Waals surface area contributed by atoms with Crippen molar-refractivity contribution >= 4 is 16.9 Å². The zero-order chi connectivity index (χ0) is 8.55. The lowest BCUT2D eigenvalue weighted by atomic mass is 10.1. The molecule has 0 aromatic carbocycles. The average molecular weight is 184 g/mol. The van der Waals surface area contributed by atoms with Gasteiger partial charge in [-0.3, -0.25) is 5.41 Å². The van der Waals surface area contributed by atoms with Crippen molar-refractivity contribution in [3.05, 3.63) is 0 Å². The summed E-state index contributed by atoms with van der Waals surface area (Å²) in [6, 6.07) is 0.712. The van der Waals surface area contributed by atoms with Gasteiger partial charge in [-0.1, -0.05) is 18.7 Å². The lowest BCUT2D eigenvalue weighted by molar-refractivity contribution is 0.360. The third-order valence-corrected chi connectivity index (χ3v) is 4.22. The number of hydrogen-bond acceptors (Lipinski definition) is 2. The lowest BCUT2D eigenvalue weighted by Gasteiger charge is -2.35. The molecular formula is C9H16N2S. The summed E-state index contributed by atoms with van der Waals surface area (Å²) in [6.07, 6.45) is 5.14. The molecule has 0 spiro atoms. The summed E-state index contributed by atoms with van der Waals surface area (Å²) in [7, 11) is 0. The van der Waals surface area contributed by atoms with Crippen molar-refractivity contribution in [1.82, 2.24) is 4.90 Å². The molecule has 68 valence electrons. The monoisotopic (exact) mass is 184 g/mol. The first-order valence-electron chi connectivity index (χ1n) is 4.83. The van der Waals surface area contributed by atoms with Crippen LogP contribution in [0.1, 0.15) is 32.6 Å². The zero-order valence-corrected chi connectivity index (χ0v) is 8.36. The molecule has 0 amide bonds. The first-order chi connectivity index (χ1) is 5.81. The van der Waals surface area contributed by atoms with E-state index >= 15 is 0 Å². The summed E-state index contributed by atoms with van der Waals surface area (Å²) in [5.41, 5.74) is 0. The summed E-state index contributed by atoms with van der Waals surface area (Å²) in [4.78, 5) is 2.29. The molecular weight excluding hydrogens is 168 g/mol. The van der Waals surface area contributed by atoms with Gasteiger partial charge in [-0.2, -0.15) is 0 Å². The van der Waals surface area contributed by atoms with Crippen molar-refractivity contribution < 1.29 is 0 Å². The van der Waals surface area contributed by atoms with E-state index in [1.807, 2.05) is 0 Å². The third kappa shape index (κ3) is 1.35. The Balaban J connectivity index is 2.05. The summed E-state index contributed by atoms with van der Waals surface area (Å²) in [5.74, 6) is 0. The molecule has 2 unspecified atom stereocenters. The zero-order valence-electron chi connectivity index (χ0n) is 7.55. The van der Waals surface area contributed by atoms with Crippen molar-refractivity contribution in [2.45, 2.75) is 43.9 Å². The maximum absolute atomic E-state index is 7.84. The maximum atomic E-state index is 7.84. The Morgan fingerprint density at radius 2 is 2.50 bits per heavy atom. The highest BCUT2D eigenvalue weighted by atomic mass is 32.2. The van der Waals surface area contributed by atoms with Crippen LogP contribution in [-0.2, 0) is 0 Å². The molecule has 0 radical (unpaired) electrons. The van der Waals surface area contributed by atoms with Crippen molar-refractivity contribution in [2.24, 2.45) is 0 Å². The van der Waals surface area contributed by atoms with Gasteiger partial charge in [0, 0.05) is 17.8 Å². The molecule has 2 nitrogen and oxygen atoms in total. The second kappa shape index (κ2) is 3.29. The Morgan fingerprint density at radius 3 is 3.25 bits per heavy atom. The lowest BCUT2D eigenvalue weighted by Crippen LogP contribution is -2.40. The van der Waals surface area contributed by atoms with E-state index in [1.54, 1.807) is 11.8 Å². The minimum Gasteiger partial charge on any atom is -0.349 e. The summed E-state index contributed by atoms with van der Waals surface area (Å²) >= 11 is 1.77. The number of amidine groups is 1. The fourth-order valence-corrected chi connectivity index (χ4v) is 3.35. The molecule has 2 saturated heterocycles. The molecule has 2 aliphatic rings. The van der Waals surface area contributed by atoms with Gasteiger partial charge >= 0.3 is 0 Å². The first kappa shape index (κ1) is 8.42. The number of rotatable bonds is 1. The second-order valence-corrected chi connectivity index (χ2v) is 4.97. The van der Waals surface area contributed by atoms with E-state index in [1.165, 1.54) is 25.7 Å². The number of thioether (sulfide) groups is 1. The van der Waals surface area contributed by atoms with Gasteiger partial charge in [-0.25, -0.2) is 0 Å². The highest BCUT2D eigenvalue weighted by Gasteiger charge is 2.34. The predicted octanol–water partition coefficient (Wildman–Crippen LogP) is 2.30. The van der Waals surface area contributed by atoms with Crippen LogP contribution in [0.2, 0.25) is 0 Å². The Morgan fingerprint density at radius 1 is 1.67 bits per heavy atom. The predicted molar refractivity (Wildman–Crippen MR) is 53.7 cm³/mol. The smallest absolute Gasteiger partial charge is 0.156 e. The van der Waals surface area contributed by atoms with E-state index in [9.17, 15) is 0 Å². The summed E-state index contributed by atoms with van der Waals surface area (Å²) in [6.45, 7) is 3.36. The Kier molecular flexibility index (Phi) is 2.31. The molecule has 0 saturated carbocycles. The topological polar surface area (TPSA) is 27.1 Å². The summed E-state index contributed by atoms with van der Waals surface area (Å²) in [5, 5.41) is 9.39. The molecule has 2 heterocycles. The molecule has 0 aromatic heterocycles. The van der Waals surface area contributed by atoms with Crippen LogP contribution in [0.15, 0.2) is 0 Å². The van der Waals surface area contributed by atoms with Gasteiger partial charge < -0.3 is 4.90 Å². The number of hydrogen-bond donors (Lipinski definition) is 1. The van der Waals surface area contributed by atoms with Gasteiger partial charge in [0.15, 0.2) is 5.17 Å². The van der Waals surface area contributed by atoms with Crippen LogP contribution in [0.3, 0.4) is 0 Å². The van der Waals surface area contributed by atoms with Crippen LogP contribution in [0, 0.1) is 5.41 Å². The average Bonchev–Trinajstić information content (AvgIpc) is 2.52. The van der Waals surface area contributed by atoms with Gasteiger partial charge in [0.05, 0.1) is 0 Å². The van der Waals surface area contributed by atoms with Gasteiger partial charge in [0.2, 0.25) is 0 Å². The van der Waals surface area contributed by atoms with E-state index in [0.29, 0.717) is 6.04 Å². The first-order valence-corrected chi connectivity index (χ1v) is 5.71. The van der Waals surface area contributed by atoms with E-state index in [2.05, 4.69) is 11.8 Å². The second-order valence-electron chi connectivity index (χ2n) is 3.68. The molecule has 2 atom stereocenters. The molecule has 3 heteroatoms. The molecule has 12 heavy (non-hydrogen) atoms. The van der Waals surface area contributed by atoms with Gasteiger partial charge in [-0.15, -0.1) is 0 Å².